The molecule has 2 aliphatic rings. The summed E-state index contributed by atoms with van der Waals surface area (Å²) < 4.78 is 13.4. The third kappa shape index (κ3) is 11.6. The Kier molecular flexibility index (Phi) is 16.2. The summed E-state index contributed by atoms with van der Waals surface area (Å²) in [6, 6.07) is 145. The maximum absolute atomic E-state index is 6.70. The molecule has 0 saturated carbocycles. The van der Waals surface area contributed by atoms with Crippen LogP contribution in [0, 0.1) is 0 Å². The van der Waals surface area contributed by atoms with E-state index in [1.54, 1.807) is 0 Å². The SMILES string of the molecule is CC1(C)c2ccccc2-c2ccc(N(c3ccc(-c4ccc5ccccc5c4)cc3)c3cc(-c4ccc(-c5ccccc5)cc4)c4oc5ccccc5c4c3)cc21.CC1(C)c2ccccc2-c2ccc(N(c3ccc(-c4cccc5ccccc45)cc3)c3cc(-c4ccc(-c5ccccc5)cc4)c4oc5ccccc5c4c3)cc21. The Hall–Kier alpha value is -14.3. The minimum Gasteiger partial charge on any atom is -0.455 e. The highest BCUT2D eigenvalue weighted by atomic mass is 16.3. The predicted molar refractivity (Wildman–Crippen MR) is 480 cm³/mol. The Morgan fingerprint density at radius 2 is 0.526 bits per heavy atom. The molecule has 0 amide bonds. The van der Waals surface area contributed by atoms with E-state index >= 15 is 0 Å². The van der Waals surface area contributed by atoms with Gasteiger partial charge in [-0.2, -0.15) is 0 Å². The number of benzene rings is 18. The summed E-state index contributed by atoms with van der Waals surface area (Å²) in [7, 11) is 0. The van der Waals surface area contributed by atoms with Crippen LogP contribution in [0.1, 0.15) is 49.9 Å². The number of hydrogen-bond donors (Lipinski definition) is 0. The highest BCUT2D eigenvalue weighted by Gasteiger charge is 2.38. The van der Waals surface area contributed by atoms with E-state index in [-0.39, 0.29) is 10.8 Å². The van der Waals surface area contributed by atoms with Crippen LogP contribution < -0.4 is 9.80 Å². The zero-order valence-corrected chi connectivity index (χ0v) is 63.8. The molecule has 540 valence electrons. The molecule has 4 nitrogen and oxygen atoms in total. The first-order valence-electron chi connectivity index (χ1n) is 39.5. The Morgan fingerprint density at radius 1 is 0.184 bits per heavy atom. The Morgan fingerprint density at radius 3 is 1.04 bits per heavy atom. The molecule has 114 heavy (non-hydrogen) atoms. The molecule has 20 aromatic rings. The molecule has 0 spiro atoms. The molecule has 0 fully saturated rings. The standard InChI is InChI=1S/2C55H39NO/c1-55(2)51-21-10-8-18-46(51)47-32-31-42(35-52(47)55)56(41-29-27-39(28-30-41)45-20-12-16-38-15-6-7-17-44(38)45)43-33-49(54-50(34-43)48-19-9-11-22-53(48)57-54)40-25-23-37(24-26-40)36-13-4-3-5-14-36;1-55(2)51-18-10-8-16-46(51)47-31-30-44(35-52(47)55)56(43-28-26-39(27-29-43)42-25-22-37-14-6-7-15-41(37)32-42)45-33-49(54-50(34-45)48-17-9-11-19-53(48)57-54)40-23-20-38(21-24-40)36-12-4-3-5-13-36/h2*3-35H,1-2H3. The van der Waals surface area contributed by atoms with Crippen molar-refractivity contribution in [2.45, 2.75) is 38.5 Å². The summed E-state index contributed by atoms with van der Waals surface area (Å²) >= 11 is 0. The van der Waals surface area contributed by atoms with E-state index in [1.807, 2.05) is 12.1 Å². The molecule has 0 saturated heterocycles. The molecule has 0 unspecified atom stereocenters. The van der Waals surface area contributed by atoms with Crippen molar-refractivity contribution in [1.82, 2.24) is 0 Å². The fraction of sp³-hybridized carbons (Fsp3) is 0.0545. The van der Waals surface area contributed by atoms with E-state index < -0.39 is 0 Å². The Balaban J connectivity index is 0.000000143. The monoisotopic (exact) mass is 1460 g/mol. The molecule has 22 rings (SSSR count). The number of nitrogens with zero attached hydrogens (tertiary/aromatic N) is 2. The predicted octanol–water partition coefficient (Wildman–Crippen LogP) is 31.0. The van der Waals surface area contributed by atoms with Crippen molar-refractivity contribution >= 4 is 99.5 Å². The minimum atomic E-state index is -0.137. The average Bonchev–Trinajstić information content (AvgIpc) is 1.53. The third-order valence-corrected chi connectivity index (χ3v) is 24.1. The lowest BCUT2D eigenvalue weighted by Crippen LogP contribution is -2.16. The zero-order chi connectivity index (χ0) is 76.2. The first-order valence-corrected chi connectivity index (χ1v) is 39.5. The summed E-state index contributed by atoms with van der Waals surface area (Å²) in [5.41, 5.74) is 34.4. The van der Waals surface area contributed by atoms with Gasteiger partial charge in [0.1, 0.15) is 22.3 Å². The normalized spacial score (nSPS) is 12.9. The van der Waals surface area contributed by atoms with Crippen LogP contribution in [-0.4, -0.2) is 0 Å². The second-order valence-electron chi connectivity index (χ2n) is 31.5. The number of hydrogen-bond acceptors (Lipinski definition) is 4. The Bertz CT molecular complexity index is 7120. The first-order chi connectivity index (χ1) is 56.0. The van der Waals surface area contributed by atoms with Gasteiger partial charge in [-0.15, -0.1) is 0 Å². The summed E-state index contributed by atoms with van der Waals surface area (Å²) in [6.07, 6.45) is 0. The molecule has 4 heteroatoms. The van der Waals surface area contributed by atoms with E-state index in [0.29, 0.717) is 0 Å². The molecule has 0 radical (unpaired) electrons. The van der Waals surface area contributed by atoms with Crippen molar-refractivity contribution in [2.24, 2.45) is 0 Å². The highest BCUT2D eigenvalue weighted by molar-refractivity contribution is 6.14. The zero-order valence-electron chi connectivity index (χ0n) is 63.8. The molecular weight excluding hydrogens is 1380 g/mol. The van der Waals surface area contributed by atoms with Crippen molar-refractivity contribution < 1.29 is 8.83 Å². The van der Waals surface area contributed by atoms with Gasteiger partial charge >= 0.3 is 0 Å². The van der Waals surface area contributed by atoms with E-state index in [1.165, 1.54) is 111 Å². The fourth-order valence-electron chi connectivity index (χ4n) is 18.3. The maximum atomic E-state index is 6.70. The summed E-state index contributed by atoms with van der Waals surface area (Å²) in [5.74, 6) is 0. The van der Waals surface area contributed by atoms with Gasteiger partial charge in [-0.25, -0.2) is 0 Å². The quantitative estimate of drug-likeness (QED) is 0.122. The van der Waals surface area contributed by atoms with Gasteiger partial charge in [0, 0.05) is 77.6 Å². The van der Waals surface area contributed by atoms with Crippen LogP contribution in [0.15, 0.2) is 409 Å². The topological polar surface area (TPSA) is 32.8 Å². The maximum Gasteiger partial charge on any atom is 0.143 e. The minimum absolute atomic E-state index is 0.135. The van der Waals surface area contributed by atoms with Gasteiger partial charge in [0.05, 0.1) is 0 Å². The van der Waals surface area contributed by atoms with Crippen molar-refractivity contribution in [3.05, 3.63) is 423 Å². The molecule has 0 bridgehead atoms. The molecule has 18 aromatic carbocycles. The first kappa shape index (κ1) is 67.8. The molecule has 2 heterocycles. The number of rotatable bonds is 12. The van der Waals surface area contributed by atoms with Gasteiger partial charge in [0.15, 0.2) is 0 Å². The van der Waals surface area contributed by atoms with Crippen molar-refractivity contribution in [2.75, 3.05) is 9.80 Å². The van der Waals surface area contributed by atoms with Gasteiger partial charge in [0.25, 0.3) is 0 Å². The van der Waals surface area contributed by atoms with Crippen molar-refractivity contribution in [3.8, 4) is 89.0 Å². The lowest BCUT2D eigenvalue weighted by molar-refractivity contribution is 0.660. The van der Waals surface area contributed by atoms with Gasteiger partial charge in [-0.05, 0) is 213 Å². The lowest BCUT2D eigenvalue weighted by Gasteiger charge is -2.29. The van der Waals surface area contributed by atoms with Crippen LogP contribution in [0.4, 0.5) is 34.1 Å². The largest absolute Gasteiger partial charge is 0.455 e. The van der Waals surface area contributed by atoms with Gasteiger partial charge in [-0.1, -0.05) is 337 Å². The van der Waals surface area contributed by atoms with Gasteiger partial charge < -0.3 is 18.6 Å². The summed E-state index contributed by atoms with van der Waals surface area (Å²) in [6.45, 7) is 9.41. The number of para-hydroxylation sites is 2. The fourth-order valence-corrected chi connectivity index (χ4v) is 18.3. The van der Waals surface area contributed by atoms with Crippen molar-refractivity contribution in [3.63, 3.8) is 0 Å². The lowest BCUT2D eigenvalue weighted by atomic mass is 9.82. The second kappa shape index (κ2) is 27.3. The van der Waals surface area contributed by atoms with Crippen LogP contribution in [-0.2, 0) is 10.8 Å². The summed E-state index contributed by atoms with van der Waals surface area (Å²) in [4.78, 5) is 4.85. The van der Waals surface area contributed by atoms with E-state index in [4.69, 9.17) is 8.83 Å². The number of fused-ring (bicyclic) bond motifs is 14. The van der Waals surface area contributed by atoms with Gasteiger partial charge in [-0.3, -0.25) is 0 Å². The second-order valence-corrected chi connectivity index (χ2v) is 31.5. The number of anilines is 6. The smallest absolute Gasteiger partial charge is 0.143 e. The molecular formula is C110H78N2O2. The van der Waals surface area contributed by atoms with E-state index in [9.17, 15) is 0 Å². The van der Waals surface area contributed by atoms with E-state index in [0.717, 1.165) is 100 Å². The van der Waals surface area contributed by atoms with Gasteiger partial charge in [0.2, 0.25) is 0 Å². The molecule has 2 aromatic heterocycles. The highest BCUT2D eigenvalue weighted by Crippen LogP contribution is 2.55. The summed E-state index contributed by atoms with van der Waals surface area (Å²) in [5, 5.41) is 9.39. The van der Waals surface area contributed by atoms with Crippen molar-refractivity contribution in [1.29, 1.82) is 0 Å². The van der Waals surface area contributed by atoms with E-state index in [2.05, 4.69) is 426 Å². The molecule has 0 atom stereocenters. The number of furan rings is 2. The molecule has 2 aliphatic carbocycles. The van der Waals surface area contributed by atoms with Crippen LogP contribution in [0.25, 0.3) is 154 Å². The van der Waals surface area contributed by atoms with Crippen LogP contribution in [0.3, 0.4) is 0 Å². The molecule has 0 N–H and O–H groups in total. The van der Waals surface area contributed by atoms with Crippen LogP contribution in [0.5, 0.6) is 0 Å². The van der Waals surface area contributed by atoms with Crippen LogP contribution in [0.2, 0.25) is 0 Å². The third-order valence-electron chi connectivity index (χ3n) is 24.1. The molecule has 0 aliphatic heterocycles. The average molecular weight is 1460 g/mol. The Labute approximate surface area is 664 Å². The van der Waals surface area contributed by atoms with Crippen LogP contribution >= 0.6 is 0 Å².